The average molecular weight is 278 g/mol. The summed E-state index contributed by atoms with van der Waals surface area (Å²) in [5.41, 5.74) is 2.28. The fraction of sp³-hybridized carbons (Fsp3) is 0.400. The molecule has 0 atom stereocenters. The average Bonchev–Trinajstić information content (AvgIpc) is 2.79. The summed E-state index contributed by atoms with van der Waals surface area (Å²) in [7, 11) is 0. The lowest BCUT2D eigenvalue weighted by molar-refractivity contribution is 0.543. The van der Waals surface area contributed by atoms with Gasteiger partial charge in [0.05, 0.1) is 12.2 Å². The number of nitrogens with zero attached hydrogens (tertiary/aromatic N) is 2. The van der Waals surface area contributed by atoms with Gasteiger partial charge in [-0.3, -0.25) is 4.68 Å². The zero-order chi connectivity index (χ0) is 13.7. The normalized spacial score (nSPS) is 11.2. The van der Waals surface area contributed by atoms with Gasteiger partial charge in [-0.25, -0.2) is 0 Å². The summed E-state index contributed by atoms with van der Waals surface area (Å²) in [5, 5.41) is 8.70. The fourth-order valence-electron chi connectivity index (χ4n) is 1.85. The molecule has 2 aromatic rings. The summed E-state index contributed by atoms with van der Waals surface area (Å²) >= 11 is 5.87. The van der Waals surface area contributed by atoms with Gasteiger partial charge >= 0.3 is 0 Å². The van der Waals surface area contributed by atoms with E-state index in [0.717, 1.165) is 30.4 Å². The Morgan fingerprint density at radius 3 is 2.63 bits per heavy atom. The molecule has 0 amide bonds. The molecule has 2 rings (SSSR count). The Labute approximate surface area is 119 Å². The Morgan fingerprint density at radius 2 is 1.95 bits per heavy atom. The van der Waals surface area contributed by atoms with E-state index < -0.39 is 0 Å². The van der Waals surface area contributed by atoms with Crippen LogP contribution in [-0.4, -0.2) is 16.3 Å². The van der Waals surface area contributed by atoms with Crippen molar-refractivity contribution in [2.24, 2.45) is 5.92 Å². The van der Waals surface area contributed by atoms with E-state index in [4.69, 9.17) is 11.6 Å². The first-order chi connectivity index (χ1) is 9.13. The van der Waals surface area contributed by atoms with Gasteiger partial charge in [-0.1, -0.05) is 37.6 Å². The lowest BCUT2D eigenvalue weighted by Crippen LogP contribution is -2.19. The van der Waals surface area contributed by atoms with E-state index in [-0.39, 0.29) is 0 Å². The van der Waals surface area contributed by atoms with Gasteiger partial charge < -0.3 is 5.32 Å². The molecular formula is C15H20ClN3. The highest BCUT2D eigenvalue weighted by molar-refractivity contribution is 6.30. The molecule has 1 N–H and O–H groups in total. The highest BCUT2D eigenvalue weighted by Gasteiger charge is 2.01. The number of benzene rings is 1. The van der Waals surface area contributed by atoms with Crippen LogP contribution in [0.15, 0.2) is 36.5 Å². The van der Waals surface area contributed by atoms with Gasteiger partial charge in [0, 0.05) is 17.8 Å². The van der Waals surface area contributed by atoms with Crippen molar-refractivity contribution in [3.8, 4) is 0 Å². The number of nitrogens with one attached hydrogen (secondary N) is 1. The summed E-state index contributed by atoms with van der Waals surface area (Å²) in [6.07, 6.45) is 2.01. The summed E-state index contributed by atoms with van der Waals surface area (Å²) in [5.74, 6) is 0.663. The van der Waals surface area contributed by atoms with Crippen molar-refractivity contribution in [2.75, 3.05) is 6.54 Å². The molecule has 3 nitrogen and oxygen atoms in total. The van der Waals surface area contributed by atoms with Crippen molar-refractivity contribution in [2.45, 2.75) is 26.9 Å². The summed E-state index contributed by atoms with van der Waals surface area (Å²) in [6, 6.07) is 9.93. The molecule has 0 spiro atoms. The number of hydrogen-bond donors (Lipinski definition) is 1. The van der Waals surface area contributed by atoms with Crippen LogP contribution in [0.3, 0.4) is 0 Å². The van der Waals surface area contributed by atoms with Gasteiger partial charge in [0.25, 0.3) is 0 Å². The number of halogens is 1. The molecule has 0 saturated carbocycles. The minimum absolute atomic E-state index is 0.663. The van der Waals surface area contributed by atoms with Crippen molar-refractivity contribution >= 4 is 11.6 Å². The third-order valence-electron chi connectivity index (χ3n) is 2.81. The van der Waals surface area contributed by atoms with Crippen LogP contribution in [0.1, 0.15) is 25.1 Å². The topological polar surface area (TPSA) is 29.9 Å². The van der Waals surface area contributed by atoms with Crippen molar-refractivity contribution in [1.82, 2.24) is 15.1 Å². The van der Waals surface area contributed by atoms with E-state index in [2.05, 4.69) is 30.3 Å². The monoisotopic (exact) mass is 277 g/mol. The van der Waals surface area contributed by atoms with E-state index in [9.17, 15) is 0 Å². The maximum absolute atomic E-state index is 5.87. The minimum atomic E-state index is 0.663. The second-order valence-corrected chi connectivity index (χ2v) is 5.59. The predicted octanol–water partition coefficient (Wildman–Crippen LogP) is 3.33. The molecule has 0 aliphatic heterocycles. The third-order valence-corrected chi connectivity index (χ3v) is 3.06. The molecule has 0 aliphatic rings. The van der Waals surface area contributed by atoms with Gasteiger partial charge in [-0.15, -0.1) is 0 Å². The molecule has 102 valence electrons. The molecule has 1 heterocycles. The number of rotatable bonds is 6. The van der Waals surface area contributed by atoms with Crippen molar-refractivity contribution in [1.29, 1.82) is 0 Å². The molecule has 0 bridgehead atoms. The van der Waals surface area contributed by atoms with E-state index in [0.29, 0.717) is 5.92 Å². The minimum Gasteiger partial charge on any atom is -0.311 e. The second kappa shape index (κ2) is 6.73. The smallest absolute Gasteiger partial charge is 0.0762 e. The van der Waals surface area contributed by atoms with Crippen LogP contribution in [0.2, 0.25) is 5.02 Å². The molecule has 0 unspecified atom stereocenters. The summed E-state index contributed by atoms with van der Waals surface area (Å²) < 4.78 is 1.95. The lowest BCUT2D eigenvalue weighted by Gasteiger charge is -2.05. The molecule has 1 aromatic heterocycles. The first-order valence-corrected chi connectivity index (χ1v) is 6.99. The fourth-order valence-corrected chi connectivity index (χ4v) is 1.98. The van der Waals surface area contributed by atoms with E-state index in [1.54, 1.807) is 0 Å². The Morgan fingerprint density at radius 1 is 1.21 bits per heavy atom. The molecule has 4 heteroatoms. The highest BCUT2D eigenvalue weighted by Crippen LogP contribution is 2.10. The maximum atomic E-state index is 5.87. The van der Waals surface area contributed by atoms with Crippen LogP contribution in [0.5, 0.6) is 0 Å². The van der Waals surface area contributed by atoms with E-state index in [1.165, 1.54) is 5.56 Å². The van der Waals surface area contributed by atoms with Crippen molar-refractivity contribution in [3.05, 3.63) is 52.8 Å². The Kier molecular flexibility index (Phi) is 5.00. The standard InChI is InChI=1S/C15H20ClN3/c1-12(2)9-17-10-15-7-8-19(18-15)11-13-3-5-14(16)6-4-13/h3-8,12,17H,9-11H2,1-2H3. The van der Waals surface area contributed by atoms with Gasteiger partial charge in [-0.05, 0) is 36.2 Å². The number of aromatic nitrogens is 2. The first-order valence-electron chi connectivity index (χ1n) is 6.61. The molecule has 0 aliphatic carbocycles. The van der Waals surface area contributed by atoms with Crippen LogP contribution in [-0.2, 0) is 13.1 Å². The number of hydrogen-bond acceptors (Lipinski definition) is 2. The second-order valence-electron chi connectivity index (χ2n) is 5.16. The Balaban J connectivity index is 1.88. The van der Waals surface area contributed by atoms with Crippen LogP contribution in [0.4, 0.5) is 0 Å². The molecule has 0 fully saturated rings. The van der Waals surface area contributed by atoms with Gasteiger partial charge in [0.1, 0.15) is 0 Å². The first kappa shape index (κ1) is 14.1. The van der Waals surface area contributed by atoms with Crippen LogP contribution in [0, 0.1) is 5.92 Å². The van der Waals surface area contributed by atoms with Gasteiger partial charge in [0.15, 0.2) is 0 Å². The van der Waals surface area contributed by atoms with Gasteiger partial charge in [0.2, 0.25) is 0 Å². The predicted molar refractivity (Wildman–Crippen MR) is 79.3 cm³/mol. The Bertz CT molecular complexity index is 502. The molecule has 0 saturated heterocycles. The molecule has 1 aromatic carbocycles. The van der Waals surface area contributed by atoms with E-state index in [1.807, 2.05) is 35.1 Å². The van der Waals surface area contributed by atoms with Gasteiger partial charge in [-0.2, -0.15) is 5.10 Å². The molecular weight excluding hydrogens is 258 g/mol. The van der Waals surface area contributed by atoms with Crippen LogP contribution < -0.4 is 5.32 Å². The van der Waals surface area contributed by atoms with Crippen molar-refractivity contribution in [3.63, 3.8) is 0 Å². The third kappa shape index (κ3) is 4.69. The lowest BCUT2D eigenvalue weighted by atomic mass is 10.2. The zero-order valence-corrected chi connectivity index (χ0v) is 12.2. The maximum Gasteiger partial charge on any atom is 0.0762 e. The van der Waals surface area contributed by atoms with Crippen LogP contribution >= 0.6 is 11.6 Å². The molecule has 19 heavy (non-hydrogen) atoms. The summed E-state index contributed by atoms with van der Waals surface area (Å²) in [4.78, 5) is 0. The van der Waals surface area contributed by atoms with Crippen LogP contribution in [0.25, 0.3) is 0 Å². The SMILES string of the molecule is CC(C)CNCc1ccn(Cc2ccc(Cl)cc2)n1. The van der Waals surface area contributed by atoms with Crippen molar-refractivity contribution < 1.29 is 0 Å². The largest absolute Gasteiger partial charge is 0.311 e. The Hall–Kier alpha value is -1.32. The summed E-state index contributed by atoms with van der Waals surface area (Å²) in [6.45, 7) is 7.02. The van der Waals surface area contributed by atoms with E-state index >= 15 is 0 Å². The highest BCUT2D eigenvalue weighted by atomic mass is 35.5. The quantitative estimate of drug-likeness (QED) is 0.878. The molecule has 0 radical (unpaired) electrons. The zero-order valence-electron chi connectivity index (χ0n) is 11.4.